The number of sulfonamides is 1. The van der Waals surface area contributed by atoms with Crippen molar-refractivity contribution in [3.63, 3.8) is 0 Å². The lowest BCUT2D eigenvalue weighted by molar-refractivity contribution is -0.141. The van der Waals surface area contributed by atoms with E-state index < -0.39 is 16.1 Å². The van der Waals surface area contributed by atoms with Gasteiger partial charge >= 0.3 is 0 Å². The first-order valence-corrected chi connectivity index (χ1v) is 14.9. The number of rotatable bonds is 13. The van der Waals surface area contributed by atoms with Crippen molar-refractivity contribution in [3.8, 4) is 0 Å². The zero-order valence-electron chi connectivity index (χ0n) is 22.8. The first-order chi connectivity index (χ1) is 17.3. The third-order valence-corrected chi connectivity index (χ3v) is 7.68. The van der Waals surface area contributed by atoms with Gasteiger partial charge in [0.1, 0.15) is 6.04 Å². The third-order valence-electron chi connectivity index (χ3n) is 6.26. The second-order valence-corrected chi connectivity index (χ2v) is 12.2. The first-order valence-electron chi connectivity index (χ1n) is 12.7. The number of aryl methyl sites for hydroxylation is 2. The van der Waals surface area contributed by atoms with Gasteiger partial charge in [-0.25, -0.2) is 8.42 Å². The summed E-state index contributed by atoms with van der Waals surface area (Å²) >= 11 is 6.13. The van der Waals surface area contributed by atoms with E-state index in [1.165, 1.54) is 4.31 Å². The van der Waals surface area contributed by atoms with Crippen LogP contribution in [0.25, 0.3) is 0 Å². The normalized spacial score (nSPS) is 12.3. The van der Waals surface area contributed by atoms with Crippen LogP contribution in [0.15, 0.2) is 42.5 Å². The predicted octanol–water partition coefficient (Wildman–Crippen LogP) is 5.08. The first kappa shape index (κ1) is 30.6. The number of nitrogens with one attached hydrogen (secondary N) is 1. The molecule has 204 valence electrons. The fourth-order valence-electron chi connectivity index (χ4n) is 4.15. The molecule has 2 aromatic carbocycles. The molecule has 7 nitrogen and oxygen atoms in total. The fourth-order valence-corrected chi connectivity index (χ4v) is 5.33. The monoisotopic (exact) mass is 549 g/mol. The van der Waals surface area contributed by atoms with Gasteiger partial charge in [-0.2, -0.15) is 0 Å². The Kier molecular flexibility index (Phi) is 11.4. The Morgan fingerprint density at radius 3 is 2.32 bits per heavy atom. The molecule has 37 heavy (non-hydrogen) atoms. The smallest absolute Gasteiger partial charge is 0.242 e. The summed E-state index contributed by atoms with van der Waals surface area (Å²) in [5, 5.41) is 3.40. The molecule has 0 saturated carbocycles. The molecule has 2 rings (SSSR count). The fraction of sp³-hybridized carbons (Fsp3) is 0.500. The number of halogens is 1. The van der Waals surface area contributed by atoms with Crippen LogP contribution < -0.4 is 9.62 Å². The van der Waals surface area contributed by atoms with Crippen LogP contribution in [0.5, 0.6) is 0 Å². The molecule has 2 aromatic rings. The van der Waals surface area contributed by atoms with Crippen molar-refractivity contribution >= 4 is 39.1 Å². The second kappa shape index (κ2) is 13.8. The molecule has 0 spiro atoms. The number of anilines is 1. The van der Waals surface area contributed by atoms with Crippen LogP contribution in [0.3, 0.4) is 0 Å². The number of carbonyl (C=O) groups is 2. The Bertz CT molecular complexity index is 1180. The van der Waals surface area contributed by atoms with E-state index >= 15 is 0 Å². The Balaban J connectivity index is 2.25. The molecular weight excluding hydrogens is 510 g/mol. The van der Waals surface area contributed by atoms with Crippen molar-refractivity contribution in [2.24, 2.45) is 5.92 Å². The maximum atomic E-state index is 13.5. The third kappa shape index (κ3) is 9.04. The molecule has 1 atom stereocenters. The molecule has 1 N–H and O–H groups in total. The minimum Gasteiger partial charge on any atom is -0.354 e. The Morgan fingerprint density at radius 2 is 1.73 bits per heavy atom. The Hall–Kier alpha value is -2.58. The summed E-state index contributed by atoms with van der Waals surface area (Å²) in [7, 11) is -3.59. The van der Waals surface area contributed by atoms with Gasteiger partial charge in [-0.15, -0.1) is 0 Å². The van der Waals surface area contributed by atoms with Gasteiger partial charge in [0.2, 0.25) is 21.8 Å². The predicted molar refractivity (Wildman–Crippen MR) is 151 cm³/mol. The quantitative estimate of drug-likeness (QED) is 0.377. The lowest BCUT2D eigenvalue weighted by atomic mass is 10.0. The molecular formula is C28H40ClN3O4S. The van der Waals surface area contributed by atoms with Gasteiger partial charge < -0.3 is 10.2 Å². The van der Waals surface area contributed by atoms with E-state index in [2.05, 4.69) is 5.32 Å². The van der Waals surface area contributed by atoms with Gasteiger partial charge in [-0.1, -0.05) is 62.7 Å². The highest BCUT2D eigenvalue weighted by Crippen LogP contribution is 2.27. The van der Waals surface area contributed by atoms with E-state index in [4.69, 9.17) is 11.6 Å². The molecule has 0 unspecified atom stereocenters. The SMILES string of the molecule is CC[C@@H](C(=O)NCC(C)C)N(Cc1ccccc1C)C(=O)CCCN(c1cc(Cl)ccc1C)S(C)(=O)=O. The number of carbonyl (C=O) groups excluding carboxylic acids is 2. The van der Waals surface area contributed by atoms with Crippen LogP contribution in [0.4, 0.5) is 5.69 Å². The van der Waals surface area contributed by atoms with Crippen LogP contribution in [0.1, 0.15) is 56.7 Å². The van der Waals surface area contributed by atoms with Crippen LogP contribution in [-0.2, 0) is 26.2 Å². The molecule has 0 aliphatic carbocycles. The van der Waals surface area contributed by atoms with Crippen molar-refractivity contribution in [2.45, 2.75) is 66.5 Å². The Morgan fingerprint density at radius 1 is 1.05 bits per heavy atom. The van der Waals surface area contributed by atoms with E-state index in [1.54, 1.807) is 23.1 Å². The van der Waals surface area contributed by atoms with Gasteiger partial charge in [0.15, 0.2) is 0 Å². The summed E-state index contributed by atoms with van der Waals surface area (Å²) < 4.78 is 26.5. The molecule has 2 amide bonds. The topological polar surface area (TPSA) is 86.8 Å². The summed E-state index contributed by atoms with van der Waals surface area (Å²) in [6, 6.07) is 12.3. The lowest BCUT2D eigenvalue weighted by Crippen LogP contribution is -2.49. The molecule has 0 bridgehead atoms. The molecule has 0 saturated heterocycles. The van der Waals surface area contributed by atoms with Gasteiger partial charge in [-0.3, -0.25) is 13.9 Å². The van der Waals surface area contributed by atoms with Crippen LogP contribution in [0.2, 0.25) is 5.02 Å². The van der Waals surface area contributed by atoms with Gasteiger partial charge in [0.05, 0.1) is 11.9 Å². The summed E-state index contributed by atoms with van der Waals surface area (Å²) in [6.07, 6.45) is 2.02. The zero-order chi connectivity index (χ0) is 27.8. The maximum Gasteiger partial charge on any atom is 0.242 e. The molecule has 0 aliphatic rings. The molecule has 0 fully saturated rings. The highest BCUT2D eigenvalue weighted by atomic mass is 35.5. The minimum absolute atomic E-state index is 0.103. The molecule has 0 aromatic heterocycles. The number of nitrogens with zero attached hydrogens (tertiary/aromatic N) is 2. The van der Waals surface area contributed by atoms with E-state index in [0.29, 0.717) is 42.6 Å². The molecule has 9 heteroatoms. The standard InChI is InChI=1S/C28H40ClN3O4S/c1-7-25(28(34)30-18-20(2)3)31(19-23-12-9-8-11-21(23)4)27(33)13-10-16-32(37(6,35)36)26-17-24(29)15-14-22(26)5/h8-9,11-12,14-15,17,20,25H,7,10,13,16,18-19H2,1-6H3,(H,30,34)/t25-/m0/s1. The highest BCUT2D eigenvalue weighted by Gasteiger charge is 2.29. The van der Waals surface area contributed by atoms with E-state index in [0.717, 1.165) is 22.9 Å². The van der Waals surface area contributed by atoms with Crippen LogP contribution in [-0.4, -0.2) is 50.5 Å². The highest BCUT2D eigenvalue weighted by molar-refractivity contribution is 7.92. The zero-order valence-corrected chi connectivity index (χ0v) is 24.3. The summed E-state index contributed by atoms with van der Waals surface area (Å²) in [5.41, 5.74) is 3.28. The van der Waals surface area contributed by atoms with Crippen molar-refractivity contribution in [2.75, 3.05) is 23.7 Å². The lowest BCUT2D eigenvalue weighted by Gasteiger charge is -2.32. The number of hydrogen-bond acceptors (Lipinski definition) is 4. The Labute approximate surface area is 227 Å². The number of benzene rings is 2. The van der Waals surface area contributed by atoms with E-state index in [9.17, 15) is 18.0 Å². The molecule has 0 radical (unpaired) electrons. The maximum absolute atomic E-state index is 13.5. The van der Waals surface area contributed by atoms with Crippen LogP contribution in [0, 0.1) is 19.8 Å². The van der Waals surface area contributed by atoms with Crippen LogP contribution >= 0.6 is 11.6 Å². The molecule has 0 heterocycles. The number of hydrogen-bond donors (Lipinski definition) is 1. The number of amides is 2. The average Bonchev–Trinajstić information content (AvgIpc) is 2.82. The second-order valence-electron chi connectivity index (χ2n) is 9.88. The van der Waals surface area contributed by atoms with Gasteiger partial charge in [0.25, 0.3) is 0 Å². The van der Waals surface area contributed by atoms with Crippen molar-refractivity contribution in [3.05, 3.63) is 64.2 Å². The van der Waals surface area contributed by atoms with Gasteiger partial charge in [-0.05, 0) is 61.4 Å². The molecule has 0 aliphatic heterocycles. The van der Waals surface area contributed by atoms with Crippen molar-refractivity contribution in [1.82, 2.24) is 10.2 Å². The summed E-state index contributed by atoms with van der Waals surface area (Å²) in [4.78, 5) is 28.2. The summed E-state index contributed by atoms with van der Waals surface area (Å²) in [6.45, 7) is 10.7. The van der Waals surface area contributed by atoms with Crippen molar-refractivity contribution < 1.29 is 18.0 Å². The summed E-state index contributed by atoms with van der Waals surface area (Å²) in [5.74, 6) is -0.0737. The van der Waals surface area contributed by atoms with E-state index in [-0.39, 0.29) is 24.8 Å². The minimum atomic E-state index is -3.59. The van der Waals surface area contributed by atoms with E-state index in [1.807, 2.05) is 58.9 Å². The van der Waals surface area contributed by atoms with Crippen molar-refractivity contribution in [1.29, 1.82) is 0 Å². The largest absolute Gasteiger partial charge is 0.354 e. The van der Waals surface area contributed by atoms with Gasteiger partial charge in [0, 0.05) is 31.1 Å². The average molecular weight is 550 g/mol.